The molecule has 6 nitrogen and oxygen atoms in total. The lowest BCUT2D eigenvalue weighted by molar-refractivity contribution is -0.0582. The number of nitrogens with one attached hydrogen (secondary N) is 1. The Morgan fingerprint density at radius 1 is 1.56 bits per heavy atom. The van der Waals surface area contributed by atoms with Crippen LogP contribution in [-0.4, -0.2) is 32.5 Å². The maximum atomic E-state index is 13.0. The minimum absolute atomic E-state index is 0.182. The summed E-state index contributed by atoms with van der Waals surface area (Å²) in [7, 11) is 0. The first-order valence-electron chi connectivity index (χ1n) is 4.84. The SMILES string of the molecule is O=c1[nH]c(=O)n([C@@H]2C[C@H](CO)C2O)cc1F. The van der Waals surface area contributed by atoms with Gasteiger partial charge in [0.15, 0.2) is 0 Å². The molecule has 16 heavy (non-hydrogen) atoms. The Balaban J connectivity index is 2.33. The second kappa shape index (κ2) is 3.84. The molecule has 2 rings (SSSR count). The van der Waals surface area contributed by atoms with Gasteiger partial charge in [0.2, 0.25) is 5.82 Å². The second-order valence-electron chi connectivity index (χ2n) is 3.88. The molecule has 1 aliphatic rings. The summed E-state index contributed by atoms with van der Waals surface area (Å²) in [5, 5.41) is 18.4. The van der Waals surface area contributed by atoms with Crippen molar-refractivity contribution in [2.75, 3.05) is 6.61 Å². The van der Waals surface area contributed by atoms with Crippen LogP contribution in [0.1, 0.15) is 12.5 Å². The van der Waals surface area contributed by atoms with Crippen LogP contribution in [0.4, 0.5) is 4.39 Å². The highest BCUT2D eigenvalue weighted by molar-refractivity contribution is 4.98. The van der Waals surface area contributed by atoms with Crippen molar-refractivity contribution in [3.8, 4) is 0 Å². The number of aromatic nitrogens is 2. The van der Waals surface area contributed by atoms with E-state index in [4.69, 9.17) is 5.11 Å². The molecule has 1 saturated carbocycles. The summed E-state index contributed by atoms with van der Waals surface area (Å²) < 4.78 is 13.9. The van der Waals surface area contributed by atoms with Crippen LogP contribution in [0.5, 0.6) is 0 Å². The first-order valence-corrected chi connectivity index (χ1v) is 4.84. The molecular formula is C9H11FN2O4. The third-order valence-corrected chi connectivity index (χ3v) is 2.94. The number of halogens is 1. The average Bonchev–Trinajstić information content (AvgIpc) is 2.24. The van der Waals surface area contributed by atoms with Gasteiger partial charge in [0.1, 0.15) is 0 Å². The summed E-state index contributed by atoms with van der Waals surface area (Å²) in [6.07, 6.45) is 0.263. The Morgan fingerprint density at radius 3 is 2.81 bits per heavy atom. The number of hydrogen-bond acceptors (Lipinski definition) is 4. The molecule has 1 aliphatic carbocycles. The minimum atomic E-state index is -1.08. The molecule has 0 amide bonds. The first-order chi connectivity index (χ1) is 7.54. The van der Waals surface area contributed by atoms with Crippen LogP contribution >= 0.6 is 0 Å². The Labute approximate surface area is 89.0 Å². The topological polar surface area (TPSA) is 95.3 Å². The van der Waals surface area contributed by atoms with Gasteiger partial charge in [-0.25, -0.2) is 4.79 Å². The molecule has 0 spiro atoms. The molecule has 1 fully saturated rings. The van der Waals surface area contributed by atoms with Gasteiger partial charge in [-0.05, 0) is 6.42 Å². The van der Waals surface area contributed by atoms with Crippen LogP contribution in [0.3, 0.4) is 0 Å². The fraction of sp³-hybridized carbons (Fsp3) is 0.556. The fourth-order valence-corrected chi connectivity index (χ4v) is 1.88. The third-order valence-electron chi connectivity index (χ3n) is 2.94. The van der Waals surface area contributed by atoms with Gasteiger partial charge in [0.25, 0.3) is 5.56 Å². The molecule has 1 aromatic rings. The van der Waals surface area contributed by atoms with Crippen molar-refractivity contribution < 1.29 is 14.6 Å². The molecule has 3 atom stereocenters. The highest BCUT2D eigenvalue weighted by Crippen LogP contribution is 2.36. The Hall–Kier alpha value is -1.47. The molecule has 0 aliphatic heterocycles. The Morgan fingerprint density at radius 2 is 2.25 bits per heavy atom. The van der Waals surface area contributed by atoms with Gasteiger partial charge >= 0.3 is 5.69 Å². The number of aliphatic hydroxyl groups excluding tert-OH is 2. The quantitative estimate of drug-likeness (QED) is 0.581. The fourth-order valence-electron chi connectivity index (χ4n) is 1.88. The monoisotopic (exact) mass is 230 g/mol. The van der Waals surface area contributed by atoms with E-state index in [1.165, 1.54) is 0 Å². The van der Waals surface area contributed by atoms with Gasteiger partial charge < -0.3 is 10.2 Å². The van der Waals surface area contributed by atoms with E-state index in [2.05, 4.69) is 0 Å². The normalized spacial score (nSPS) is 28.8. The largest absolute Gasteiger partial charge is 0.396 e. The van der Waals surface area contributed by atoms with Crippen molar-refractivity contribution in [2.24, 2.45) is 5.92 Å². The molecule has 7 heteroatoms. The van der Waals surface area contributed by atoms with Crippen LogP contribution in [0.15, 0.2) is 15.8 Å². The number of aliphatic hydroxyl groups is 2. The summed E-state index contributed by atoms with van der Waals surface area (Å²) in [6, 6.07) is -0.587. The van der Waals surface area contributed by atoms with Crippen LogP contribution in [0, 0.1) is 11.7 Å². The number of rotatable bonds is 2. The van der Waals surface area contributed by atoms with E-state index in [9.17, 15) is 19.1 Å². The molecular weight excluding hydrogens is 219 g/mol. The van der Waals surface area contributed by atoms with E-state index < -0.39 is 29.2 Å². The zero-order valence-electron chi connectivity index (χ0n) is 8.26. The molecule has 0 saturated heterocycles. The van der Waals surface area contributed by atoms with Gasteiger partial charge in [-0.3, -0.25) is 14.3 Å². The van der Waals surface area contributed by atoms with Gasteiger partial charge in [0.05, 0.1) is 18.3 Å². The smallest absolute Gasteiger partial charge is 0.328 e. The second-order valence-corrected chi connectivity index (χ2v) is 3.88. The molecule has 1 heterocycles. The summed E-state index contributed by atoms with van der Waals surface area (Å²) in [5.41, 5.74) is -1.83. The van der Waals surface area contributed by atoms with Crippen LogP contribution in [0.25, 0.3) is 0 Å². The molecule has 0 bridgehead atoms. The lowest BCUT2D eigenvalue weighted by Gasteiger charge is -2.40. The zero-order valence-corrected chi connectivity index (χ0v) is 8.26. The molecule has 1 unspecified atom stereocenters. The molecule has 0 radical (unpaired) electrons. The highest BCUT2D eigenvalue weighted by Gasteiger charge is 2.41. The van der Waals surface area contributed by atoms with E-state index >= 15 is 0 Å². The maximum Gasteiger partial charge on any atom is 0.328 e. The van der Waals surface area contributed by atoms with E-state index in [-0.39, 0.29) is 12.5 Å². The van der Waals surface area contributed by atoms with Gasteiger partial charge in [0, 0.05) is 12.5 Å². The summed E-state index contributed by atoms with van der Waals surface area (Å²) in [5.74, 6) is -1.37. The number of nitrogens with zero attached hydrogens (tertiary/aromatic N) is 1. The lowest BCUT2D eigenvalue weighted by atomic mass is 9.77. The van der Waals surface area contributed by atoms with E-state index in [1.54, 1.807) is 0 Å². The zero-order chi connectivity index (χ0) is 11.9. The predicted octanol–water partition coefficient (Wildman–Crippen LogP) is -1.41. The Bertz CT molecular complexity index is 509. The standard InChI is InChI=1S/C9H11FN2O4/c10-5-2-12(9(16)11-8(5)15)6-1-4(3-13)7(6)14/h2,4,6-7,13-14H,1,3H2,(H,11,15,16)/t4-,6-,7?/m1/s1. The van der Waals surface area contributed by atoms with Gasteiger partial charge in [-0.2, -0.15) is 4.39 Å². The average molecular weight is 230 g/mol. The van der Waals surface area contributed by atoms with Crippen molar-refractivity contribution in [3.63, 3.8) is 0 Å². The third kappa shape index (κ3) is 1.57. The van der Waals surface area contributed by atoms with Crippen molar-refractivity contribution in [1.29, 1.82) is 0 Å². The van der Waals surface area contributed by atoms with Crippen molar-refractivity contribution in [1.82, 2.24) is 9.55 Å². The van der Waals surface area contributed by atoms with Crippen molar-refractivity contribution in [2.45, 2.75) is 18.6 Å². The first kappa shape index (κ1) is 11.0. The maximum absolute atomic E-state index is 13.0. The molecule has 88 valence electrons. The predicted molar refractivity (Wildman–Crippen MR) is 51.5 cm³/mol. The minimum Gasteiger partial charge on any atom is -0.396 e. The summed E-state index contributed by atoms with van der Waals surface area (Å²) in [6.45, 7) is -0.182. The van der Waals surface area contributed by atoms with Crippen molar-refractivity contribution in [3.05, 3.63) is 32.9 Å². The van der Waals surface area contributed by atoms with Gasteiger partial charge in [-0.15, -0.1) is 0 Å². The van der Waals surface area contributed by atoms with Crippen LogP contribution in [0.2, 0.25) is 0 Å². The van der Waals surface area contributed by atoms with E-state index in [0.29, 0.717) is 6.42 Å². The molecule has 0 aromatic carbocycles. The lowest BCUT2D eigenvalue weighted by Crippen LogP contribution is -2.49. The van der Waals surface area contributed by atoms with E-state index in [1.807, 2.05) is 4.98 Å². The summed E-state index contributed by atoms with van der Waals surface area (Å²) in [4.78, 5) is 23.9. The number of H-pyrrole nitrogens is 1. The van der Waals surface area contributed by atoms with E-state index in [0.717, 1.165) is 10.8 Å². The molecule has 3 N–H and O–H groups in total. The summed E-state index contributed by atoms with van der Waals surface area (Å²) >= 11 is 0. The van der Waals surface area contributed by atoms with Gasteiger partial charge in [-0.1, -0.05) is 0 Å². The Kier molecular flexibility index (Phi) is 2.64. The van der Waals surface area contributed by atoms with Crippen LogP contribution in [-0.2, 0) is 0 Å². The van der Waals surface area contributed by atoms with Crippen LogP contribution < -0.4 is 11.2 Å². The number of hydrogen-bond donors (Lipinski definition) is 3. The number of aromatic amines is 1. The molecule has 1 aromatic heterocycles. The van der Waals surface area contributed by atoms with Crippen molar-refractivity contribution >= 4 is 0 Å². The highest BCUT2D eigenvalue weighted by atomic mass is 19.1.